The highest BCUT2D eigenvalue weighted by Crippen LogP contribution is 2.18. The van der Waals surface area contributed by atoms with Crippen molar-refractivity contribution < 1.29 is 14.3 Å². The van der Waals surface area contributed by atoms with Gasteiger partial charge in [-0.1, -0.05) is 42.1 Å². The maximum Gasteiger partial charge on any atom is 0.330 e. The van der Waals surface area contributed by atoms with E-state index >= 15 is 0 Å². The fraction of sp³-hybridized carbons (Fsp3) is 0.229. The minimum absolute atomic E-state index is 0.383. The Balaban J connectivity index is 1.61. The molecule has 0 unspecified atom stereocenters. The number of unbranched alkanes of at least 4 members (excludes halogenated alkanes) is 2. The third-order valence-electron chi connectivity index (χ3n) is 5.86. The van der Waals surface area contributed by atoms with Gasteiger partial charge in [0.1, 0.15) is 5.75 Å². The number of benzene rings is 3. The van der Waals surface area contributed by atoms with Crippen LogP contribution in [0.1, 0.15) is 63.8 Å². The summed E-state index contributed by atoms with van der Waals surface area (Å²) in [5.41, 5.74) is 8.19. The van der Waals surface area contributed by atoms with Gasteiger partial charge >= 0.3 is 5.97 Å². The standard InChI is InChI=1S/C35H32O3/c1-6-35(36)38-22-10-8-7-9-11-29-12-14-30(15-13-29)17-21-34-27(3)23-31(24-28(34)4)16-18-32-19-20-33(37-5)25-26(32)2/h6,12-15,19-20,23-25H,1,7-8,10,22H2,2-5H3. The molecule has 0 bridgehead atoms. The fourth-order valence-corrected chi connectivity index (χ4v) is 3.76. The number of ether oxygens (including phenoxy) is 2. The molecule has 3 aromatic rings. The van der Waals surface area contributed by atoms with Gasteiger partial charge in [0.15, 0.2) is 0 Å². The van der Waals surface area contributed by atoms with E-state index in [1.54, 1.807) is 7.11 Å². The van der Waals surface area contributed by atoms with Gasteiger partial charge in [-0.2, -0.15) is 0 Å². The summed E-state index contributed by atoms with van der Waals surface area (Å²) in [5.74, 6) is 20.0. The molecule has 0 aliphatic heterocycles. The number of carbonyl (C=O) groups is 1. The van der Waals surface area contributed by atoms with E-state index in [2.05, 4.69) is 68.1 Å². The van der Waals surface area contributed by atoms with Crippen LogP contribution in [0.25, 0.3) is 0 Å². The maximum atomic E-state index is 11.0. The van der Waals surface area contributed by atoms with E-state index in [-0.39, 0.29) is 5.97 Å². The molecule has 0 heterocycles. The topological polar surface area (TPSA) is 35.5 Å². The zero-order valence-electron chi connectivity index (χ0n) is 22.5. The Bertz CT molecular complexity index is 1470. The lowest BCUT2D eigenvalue weighted by Gasteiger charge is -2.05. The first kappa shape index (κ1) is 27.9. The van der Waals surface area contributed by atoms with Crippen LogP contribution in [0.15, 0.2) is 67.3 Å². The van der Waals surface area contributed by atoms with Crippen LogP contribution in [-0.2, 0) is 9.53 Å². The number of methoxy groups -OCH3 is 1. The molecule has 3 rings (SSSR count). The van der Waals surface area contributed by atoms with Crippen molar-refractivity contribution in [1.29, 1.82) is 0 Å². The van der Waals surface area contributed by atoms with E-state index in [4.69, 9.17) is 9.47 Å². The van der Waals surface area contributed by atoms with Crippen molar-refractivity contribution in [3.05, 3.63) is 112 Å². The van der Waals surface area contributed by atoms with Crippen molar-refractivity contribution in [3.63, 3.8) is 0 Å². The molecule has 38 heavy (non-hydrogen) atoms. The molecule has 3 aromatic carbocycles. The van der Waals surface area contributed by atoms with Gasteiger partial charge in [0.2, 0.25) is 0 Å². The van der Waals surface area contributed by atoms with E-state index in [9.17, 15) is 4.79 Å². The molecular weight excluding hydrogens is 468 g/mol. The summed E-state index contributed by atoms with van der Waals surface area (Å²) >= 11 is 0. The van der Waals surface area contributed by atoms with Gasteiger partial charge in [0.25, 0.3) is 0 Å². The van der Waals surface area contributed by atoms with Gasteiger partial charge < -0.3 is 9.47 Å². The molecule has 3 nitrogen and oxygen atoms in total. The fourth-order valence-electron chi connectivity index (χ4n) is 3.76. The predicted octanol–water partition coefficient (Wildman–Crippen LogP) is 6.67. The van der Waals surface area contributed by atoms with E-state index in [1.807, 2.05) is 49.4 Å². The molecule has 0 aliphatic rings. The van der Waals surface area contributed by atoms with Crippen LogP contribution >= 0.6 is 0 Å². The first-order valence-electron chi connectivity index (χ1n) is 12.6. The van der Waals surface area contributed by atoms with Crippen LogP contribution in [-0.4, -0.2) is 19.7 Å². The molecule has 3 heteroatoms. The number of esters is 1. The summed E-state index contributed by atoms with van der Waals surface area (Å²) in [6, 6.07) is 18.1. The average Bonchev–Trinajstić information content (AvgIpc) is 2.91. The molecule has 0 saturated heterocycles. The highest BCUT2D eigenvalue weighted by Gasteiger charge is 2.03. The minimum Gasteiger partial charge on any atom is -0.497 e. The van der Waals surface area contributed by atoms with Crippen LogP contribution < -0.4 is 4.74 Å². The highest BCUT2D eigenvalue weighted by molar-refractivity contribution is 5.81. The van der Waals surface area contributed by atoms with Crippen molar-refractivity contribution in [2.24, 2.45) is 0 Å². The SMILES string of the molecule is C=CC(=O)OCCCCC#Cc1ccc(C#Cc2c(C)cc(C#Cc3ccc(OC)cc3C)cc2C)cc1. The van der Waals surface area contributed by atoms with E-state index in [0.29, 0.717) is 6.61 Å². The molecule has 0 atom stereocenters. The Labute approximate surface area is 226 Å². The van der Waals surface area contributed by atoms with Crippen LogP contribution in [0.2, 0.25) is 0 Å². The maximum absolute atomic E-state index is 11.0. The molecule has 0 amide bonds. The number of hydrogen-bond acceptors (Lipinski definition) is 3. The summed E-state index contributed by atoms with van der Waals surface area (Å²) in [7, 11) is 1.67. The Morgan fingerprint density at radius 2 is 1.45 bits per heavy atom. The minimum atomic E-state index is -0.383. The highest BCUT2D eigenvalue weighted by atomic mass is 16.5. The quantitative estimate of drug-likeness (QED) is 0.164. The molecule has 0 saturated carbocycles. The lowest BCUT2D eigenvalue weighted by molar-refractivity contribution is -0.137. The molecular formula is C35H32O3. The van der Waals surface area contributed by atoms with Crippen LogP contribution in [0.4, 0.5) is 0 Å². The third-order valence-corrected chi connectivity index (χ3v) is 5.86. The van der Waals surface area contributed by atoms with Crippen molar-refractivity contribution in [1.82, 2.24) is 0 Å². The average molecular weight is 501 g/mol. The first-order valence-corrected chi connectivity index (χ1v) is 12.6. The number of hydrogen-bond donors (Lipinski definition) is 0. The Hall–Kier alpha value is -4.65. The summed E-state index contributed by atoms with van der Waals surface area (Å²) in [6.45, 7) is 9.96. The Morgan fingerprint density at radius 3 is 2.08 bits per heavy atom. The monoisotopic (exact) mass is 500 g/mol. The molecule has 0 aromatic heterocycles. The van der Waals surface area contributed by atoms with E-state index in [0.717, 1.165) is 69.5 Å². The summed E-state index contributed by atoms with van der Waals surface area (Å²) < 4.78 is 10.2. The van der Waals surface area contributed by atoms with Gasteiger partial charge in [-0.05, 0) is 105 Å². The van der Waals surface area contributed by atoms with Gasteiger partial charge in [0, 0.05) is 40.3 Å². The van der Waals surface area contributed by atoms with Gasteiger partial charge in [-0.3, -0.25) is 0 Å². The second-order valence-corrected chi connectivity index (χ2v) is 8.87. The predicted molar refractivity (Wildman–Crippen MR) is 154 cm³/mol. The van der Waals surface area contributed by atoms with Crippen molar-refractivity contribution in [2.75, 3.05) is 13.7 Å². The Kier molecular flexibility index (Phi) is 10.4. The van der Waals surface area contributed by atoms with Gasteiger partial charge in [0.05, 0.1) is 13.7 Å². The van der Waals surface area contributed by atoms with Crippen LogP contribution in [0.3, 0.4) is 0 Å². The van der Waals surface area contributed by atoms with Crippen LogP contribution in [0.5, 0.6) is 5.75 Å². The number of carbonyl (C=O) groups excluding carboxylic acids is 1. The smallest absolute Gasteiger partial charge is 0.330 e. The zero-order chi connectivity index (χ0) is 27.3. The Morgan fingerprint density at radius 1 is 0.789 bits per heavy atom. The second-order valence-electron chi connectivity index (χ2n) is 8.87. The van der Waals surface area contributed by atoms with Gasteiger partial charge in [-0.25, -0.2) is 4.79 Å². The first-order chi connectivity index (χ1) is 18.4. The third kappa shape index (κ3) is 8.48. The number of rotatable bonds is 6. The molecule has 190 valence electrons. The summed E-state index contributed by atoms with van der Waals surface area (Å²) in [5, 5.41) is 0. The molecule has 0 fully saturated rings. The summed E-state index contributed by atoms with van der Waals surface area (Å²) in [4.78, 5) is 11.0. The largest absolute Gasteiger partial charge is 0.497 e. The lowest BCUT2D eigenvalue weighted by atomic mass is 9.99. The van der Waals surface area contributed by atoms with E-state index < -0.39 is 0 Å². The van der Waals surface area contributed by atoms with E-state index in [1.165, 1.54) is 6.08 Å². The normalized spacial score (nSPS) is 9.58. The lowest BCUT2D eigenvalue weighted by Crippen LogP contribution is -2.01. The number of aryl methyl sites for hydroxylation is 3. The second kappa shape index (κ2) is 14.2. The molecule has 0 radical (unpaired) electrons. The molecule has 0 aliphatic carbocycles. The van der Waals surface area contributed by atoms with Crippen LogP contribution in [0, 0.1) is 56.3 Å². The molecule has 0 spiro atoms. The van der Waals surface area contributed by atoms with Crippen molar-refractivity contribution >= 4 is 5.97 Å². The van der Waals surface area contributed by atoms with Gasteiger partial charge in [-0.15, -0.1) is 0 Å². The van der Waals surface area contributed by atoms with Crippen molar-refractivity contribution in [3.8, 4) is 41.3 Å². The van der Waals surface area contributed by atoms with Crippen molar-refractivity contribution in [2.45, 2.75) is 40.0 Å². The molecule has 0 N–H and O–H groups in total. The zero-order valence-corrected chi connectivity index (χ0v) is 22.5. The summed E-state index contributed by atoms with van der Waals surface area (Å²) in [6.07, 6.45) is 3.60.